The number of hydrogen-bond acceptors (Lipinski definition) is 1. The first kappa shape index (κ1) is 10.4. The SMILES string of the molecule is CCCCN1C(C)=CC(C)=CC1C. The molecule has 1 atom stereocenters. The van der Waals surface area contributed by atoms with Gasteiger partial charge in [0.2, 0.25) is 0 Å². The Morgan fingerprint density at radius 3 is 2.62 bits per heavy atom. The molecular formula is C12H21N. The van der Waals surface area contributed by atoms with Crippen LogP contribution in [0.5, 0.6) is 0 Å². The van der Waals surface area contributed by atoms with Gasteiger partial charge < -0.3 is 4.90 Å². The highest BCUT2D eigenvalue weighted by atomic mass is 15.2. The highest BCUT2D eigenvalue weighted by Gasteiger charge is 2.14. The van der Waals surface area contributed by atoms with Gasteiger partial charge in [-0.3, -0.25) is 0 Å². The van der Waals surface area contributed by atoms with E-state index in [9.17, 15) is 0 Å². The summed E-state index contributed by atoms with van der Waals surface area (Å²) in [5, 5.41) is 0. The summed E-state index contributed by atoms with van der Waals surface area (Å²) >= 11 is 0. The van der Waals surface area contributed by atoms with E-state index < -0.39 is 0 Å². The molecule has 0 aromatic carbocycles. The van der Waals surface area contributed by atoms with Crippen LogP contribution in [0.15, 0.2) is 23.4 Å². The van der Waals surface area contributed by atoms with Crippen molar-refractivity contribution in [2.75, 3.05) is 6.54 Å². The van der Waals surface area contributed by atoms with Gasteiger partial charge in [0.1, 0.15) is 0 Å². The van der Waals surface area contributed by atoms with Crippen LogP contribution in [0.25, 0.3) is 0 Å². The monoisotopic (exact) mass is 179 g/mol. The van der Waals surface area contributed by atoms with E-state index >= 15 is 0 Å². The second-order valence-electron chi connectivity index (χ2n) is 3.98. The van der Waals surface area contributed by atoms with E-state index in [0.717, 1.165) is 0 Å². The van der Waals surface area contributed by atoms with Gasteiger partial charge in [0.25, 0.3) is 0 Å². The Morgan fingerprint density at radius 1 is 1.38 bits per heavy atom. The largest absolute Gasteiger partial charge is 0.369 e. The first-order chi connectivity index (χ1) is 6.15. The van der Waals surface area contributed by atoms with Gasteiger partial charge >= 0.3 is 0 Å². The zero-order chi connectivity index (χ0) is 9.84. The Hall–Kier alpha value is -0.720. The predicted octanol–water partition coefficient (Wildman–Crippen LogP) is 3.34. The molecule has 1 heterocycles. The van der Waals surface area contributed by atoms with Crippen molar-refractivity contribution in [1.82, 2.24) is 4.90 Å². The molecule has 0 aromatic rings. The summed E-state index contributed by atoms with van der Waals surface area (Å²) in [5.74, 6) is 0. The lowest BCUT2D eigenvalue weighted by atomic mass is 10.1. The zero-order valence-corrected chi connectivity index (χ0v) is 9.30. The number of unbranched alkanes of at least 4 members (excludes halogenated alkanes) is 1. The summed E-state index contributed by atoms with van der Waals surface area (Å²) in [4.78, 5) is 2.48. The fourth-order valence-electron chi connectivity index (χ4n) is 1.96. The van der Waals surface area contributed by atoms with Gasteiger partial charge in [0.05, 0.1) is 0 Å². The van der Waals surface area contributed by atoms with Crippen molar-refractivity contribution in [2.45, 2.75) is 46.6 Å². The summed E-state index contributed by atoms with van der Waals surface area (Å²) in [5.41, 5.74) is 2.82. The van der Waals surface area contributed by atoms with Crippen LogP contribution in [0.2, 0.25) is 0 Å². The van der Waals surface area contributed by atoms with Crippen molar-refractivity contribution >= 4 is 0 Å². The molecule has 0 saturated carbocycles. The second kappa shape index (κ2) is 4.50. The van der Waals surface area contributed by atoms with Crippen molar-refractivity contribution in [2.24, 2.45) is 0 Å². The van der Waals surface area contributed by atoms with Gasteiger partial charge in [-0.05, 0) is 33.3 Å². The molecule has 1 aliphatic heterocycles. The van der Waals surface area contributed by atoms with Crippen molar-refractivity contribution in [3.8, 4) is 0 Å². The third-order valence-corrected chi connectivity index (χ3v) is 2.64. The molecule has 0 spiro atoms. The summed E-state index contributed by atoms with van der Waals surface area (Å²) in [6.07, 6.45) is 7.18. The lowest BCUT2D eigenvalue weighted by molar-refractivity contribution is 0.297. The van der Waals surface area contributed by atoms with Crippen LogP contribution in [0.3, 0.4) is 0 Å². The van der Waals surface area contributed by atoms with E-state index in [-0.39, 0.29) is 0 Å². The van der Waals surface area contributed by atoms with Crippen LogP contribution >= 0.6 is 0 Å². The van der Waals surface area contributed by atoms with Crippen LogP contribution in [-0.4, -0.2) is 17.5 Å². The molecule has 0 fully saturated rings. The lowest BCUT2D eigenvalue weighted by Gasteiger charge is -2.33. The van der Waals surface area contributed by atoms with E-state index in [1.54, 1.807) is 0 Å². The second-order valence-corrected chi connectivity index (χ2v) is 3.98. The van der Waals surface area contributed by atoms with Gasteiger partial charge in [-0.1, -0.05) is 25.0 Å². The van der Waals surface area contributed by atoms with Crippen LogP contribution in [0.4, 0.5) is 0 Å². The highest BCUT2D eigenvalue weighted by molar-refractivity contribution is 5.27. The minimum atomic E-state index is 0.580. The first-order valence-electron chi connectivity index (χ1n) is 5.28. The third kappa shape index (κ3) is 2.61. The van der Waals surface area contributed by atoms with Crippen molar-refractivity contribution in [3.05, 3.63) is 23.4 Å². The smallest absolute Gasteiger partial charge is 0.0447 e. The Kier molecular flexibility index (Phi) is 3.58. The Morgan fingerprint density at radius 2 is 2.08 bits per heavy atom. The molecule has 13 heavy (non-hydrogen) atoms. The number of hydrogen-bond donors (Lipinski definition) is 0. The quantitative estimate of drug-likeness (QED) is 0.642. The molecule has 0 amide bonds. The Balaban J connectivity index is 2.61. The van der Waals surface area contributed by atoms with Gasteiger partial charge in [-0.25, -0.2) is 0 Å². The lowest BCUT2D eigenvalue weighted by Crippen LogP contribution is -2.33. The topological polar surface area (TPSA) is 3.24 Å². The molecule has 74 valence electrons. The summed E-state index contributed by atoms with van der Waals surface area (Å²) < 4.78 is 0. The molecule has 1 aliphatic rings. The minimum absolute atomic E-state index is 0.580. The van der Waals surface area contributed by atoms with Crippen molar-refractivity contribution < 1.29 is 0 Å². The zero-order valence-electron chi connectivity index (χ0n) is 9.30. The molecule has 0 bridgehead atoms. The van der Waals surface area contributed by atoms with E-state index in [4.69, 9.17) is 0 Å². The Bertz CT molecular complexity index is 225. The van der Waals surface area contributed by atoms with Crippen molar-refractivity contribution in [3.63, 3.8) is 0 Å². The molecule has 0 radical (unpaired) electrons. The fraction of sp³-hybridized carbons (Fsp3) is 0.667. The van der Waals surface area contributed by atoms with E-state index in [1.165, 1.54) is 30.7 Å². The van der Waals surface area contributed by atoms with Crippen molar-refractivity contribution in [1.29, 1.82) is 0 Å². The molecule has 0 N–H and O–H groups in total. The average Bonchev–Trinajstić information content (AvgIpc) is 2.02. The Labute approximate surface area is 82.1 Å². The van der Waals surface area contributed by atoms with Gasteiger partial charge in [-0.15, -0.1) is 0 Å². The standard InChI is InChI=1S/C12H21N/c1-5-6-7-13-11(3)8-10(2)9-12(13)4/h8-9,11H,5-7H2,1-4H3. The summed E-state index contributed by atoms with van der Waals surface area (Å²) in [6.45, 7) is 10.1. The normalized spacial score (nSPS) is 22.8. The summed E-state index contributed by atoms with van der Waals surface area (Å²) in [7, 11) is 0. The molecule has 1 heteroatoms. The molecule has 0 aliphatic carbocycles. The minimum Gasteiger partial charge on any atom is -0.369 e. The molecule has 1 rings (SSSR count). The number of nitrogens with zero attached hydrogens (tertiary/aromatic N) is 1. The van der Waals surface area contributed by atoms with Gasteiger partial charge in [0.15, 0.2) is 0 Å². The maximum absolute atomic E-state index is 2.48. The molecule has 1 nitrogen and oxygen atoms in total. The molecular weight excluding hydrogens is 158 g/mol. The average molecular weight is 179 g/mol. The maximum Gasteiger partial charge on any atom is 0.0447 e. The van der Waals surface area contributed by atoms with E-state index in [0.29, 0.717) is 6.04 Å². The van der Waals surface area contributed by atoms with Crippen LogP contribution in [0, 0.1) is 0 Å². The van der Waals surface area contributed by atoms with Crippen LogP contribution < -0.4 is 0 Å². The highest BCUT2D eigenvalue weighted by Crippen LogP contribution is 2.19. The van der Waals surface area contributed by atoms with Gasteiger partial charge in [0, 0.05) is 18.3 Å². The third-order valence-electron chi connectivity index (χ3n) is 2.64. The number of rotatable bonds is 3. The molecule has 0 saturated heterocycles. The predicted molar refractivity (Wildman–Crippen MR) is 58.6 cm³/mol. The molecule has 0 aromatic heterocycles. The molecule has 1 unspecified atom stereocenters. The summed E-state index contributed by atoms with van der Waals surface area (Å²) in [6, 6.07) is 0.580. The first-order valence-corrected chi connectivity index (χ1v) is 5.28. The number of allylic oxidation sites excluding steroid dienone is 3. The van der Waals surface area contributed by atoms with Crippen LogP contribution in [-0.2, 0) is 0 Å². The van der Waals surface area contributed by atoms with Gasteiger partial charge in [-0.2, -0.15) is 0 Å². The maximum atomic E-state index is 2.48. The van der Waals surface area contributed by atoms with E-state index in [2.05, 4.69) is 44.7 Å². The van der Waals surface area contributed by atoms with Crippen LogP contribution in [0.1, 0.15) is 40.5 Å². The fourth-order valence-corrected chi connectivity index (χ4v) is 1.96. The van der Waals surface area contributed by atoms with E-state index in [1.807, 2.05) is 0 Å².